The van der Waals surface area contributed by atoms with Crippen molar-refractivity contribution in [3.63, 3.8) is 0 Å². The van der Waals surface area contributed by atoms with E-state index < -0.39 is 0 Å². The summed E-state index contributed by atoms with van der Waals surface area (Å²) in [5.41, 5.74) is 3.67. The molecule has 0 bridgehead atoms. The molecule has 0 amide bonds. The van der Waals surface area contributed by atoms with Crippen molar-refractivity contribution in [1.29, 1.82) is 0 Å². The van der Waals surface area contributed by atoms with E-state index in [1.165, 1.54) is 11.6 Å². The van der Waals surface area contributed by atoms with Gasteiger partial charge in [-0.05, 0) is 91.6 Å². The number of aromatic nitrogens is 1. The summed E-state index contributed by atoms with van der Waals surface area (Å²) in [6.45, 7) is 2.10. The number of nitrogens with one attached hydrogen (secondary N) is 1. The van der Waals surface area contributed by atoms with Gasteiger partial charge in [0.15, 0.2) is 0 Å². The number of hydrogen-bond donors (Lipinski definition) is 2. The van der Waals surface area contributed by atoms with Gasteiger partial charge in [-0.25, -0.2) is 4.39 Å². The molecule has 0 spiro atoms. The third-order valence-electron chi connectivity index (χ3n) is 6.52. The first-order valence-electron chi connectivity index (χ1n) is 10.7. The first kappa shape index (κ1) is 20.9. The van der Waals surface area contributed by atoms with Crippen LogP contribution in [0.5, 0.6) is 0 Å². The van der Waals surface area contributed by atoms with Crippen LogP contribution in [0.15, 0.2) is 59.9 Å². The lowest BCUT2D eigenvalue weighted by Gasteiger charge is -2.33. The monoisotopic (exact) mass is 415 g/mol. The molecule has 158 valence electrons. The standard InChI is InChI=1S/C26H26FN3O/c1-3-18-4-11-22(12-5-18)29-26(30-31)17(2)19-6-8-20(9-7-19)23-14-15-28-25-13-10-21(27)16-24(23)25/h1,4-5,10-17,19-20,31H,6-9H2,2H3,(H,29,30)/t17-,19-,20-/m1/s1. The summed E-state index contributed by atoms with van der Waals surface area (Å²) in [6, 6.07) is 14.3. The van der Waals surface area contributed by atoms with Gasteiger partial charge in [-0.3, -0.25) is 4.98 Å². The second kappa shape index (κ2) is 9.18. The molecule has 3 aromatic rings. The first-order chi connectivity index (χ1) is 15.1. The average molecular weight is 416 g/mol. The lowest BCUT2D eigenvalue weighted by Crippen LogP contribution is -2.30. The Kier molecular flexibility index (Phi) is 6.18. The number of benzene rings is 2. The highest BCUT2D eigenvalue weighted by Crippen LogP contribution is 2.41. The van der Waals surface area contributed by atoms with Crippen LogP contribution in [0.3, 0.4) is 0 Å². The molecule has 2 N–H and O–H groups in total. The topological polar surface area (TPSA) is 57.5 Å². The largest absolute Gasteiger partial charge is 0.409 e. The molecule has 1 aliphatic rings. The Labute approximate surface area is 182 Å². The van der Waals surface area contributed by atoms with Crippen molar-refractivity contribution >= 4 is 22.4 Å². The van der Waals surface area contributed by atoms with Crippen molar-refractivity contribution in [2.75, 3.05) is 5.32 Å². The van der Waals surface area contributed by atoms with Gasteiger partial charge >= 0.3 is 0 Å². The highest BCUT2D eigenvalue weighted by atomic mass is 19.1. The van der Waals surface area contributed by atoms with E-state index in [0.29, 0.717) is 17.7 Å². The summed E-state index contributed by atoms with van der Waals surface area (Å²) in [4.78, 5) is 4.38. The van der Waals surface area contributed by atoms with Crippen LogP contribution in [0.4, 0.5) is 10.1 Å². The lowest BCUT2D eigenvalue weighted by molar-refractivity contribution is 0.273. The summed E-state index contributed by atoms with van der Waals surface area (Å²) in [7, 11) is 0. The van der Waals surface area contributed by atoms with E-state index in [9.17, 15) is 9.60 Å². The Bertz CT molecular complexity index is 1130. The fraction of sp³-hybridized carbons (Fsp3) is 0.308. The van der Waals surface area contributed by atoms with Crippen molar-refractivity contribution in [2.24, 2.45) is 17.0 Å². The predicted octanol–water partition coefficient (Wildman–Crippen LogP) is 6.16. The fourth-order valence-electron chi connectivity index (χ4n) is 4.68. The minimum absolute atomic E-state index is 0.0879. The Morgan fingerprint density at radius 1 is 1.16 bits per heavy atom. The van der Waals surface area contributed by atoms with Gasteiger partial charge in [-0.1, -0.05) is 18.0 Å². The number of terminal acetylenes is 1. The van der Waals surface area contributed by atoms with Crippen LogP contribution in [0, 0.1) is 30.0 Å². The molecule has 1 aliphatic carbocycles. The molecular formula is C26H26FN3O. The summed E-state index contributed by atoms with van der Waals surface area (Å²) < 4.78 is 13.8. The van der Waals surface area contributed by atoms with E-state index >= 15 is 0 Å². The zero-order valence-electron chi connectivity index (χ0n) is 17.6. The van der Waals surface area contributed by atoms with Crippen molar-refractivity contribution in [1.82, 2.24) is 4.98 Å². The van der Waals surface area contributed by atoms with Crippen LogP contribution >= 0.6 is 0 Å². The van der Waals surface area contributed by atoms with Gasteiger partial charge in [-0.2, -0.15) is 0 Å². The van der Waals surface area contributed by atoms with Gasteiger partial charge in [0.1, 0.15) is 11.7 Å². The lowest BCUT2D eigenvalue weighted by atomic mass is 9.73. The van der Waals surface area contributed by atoms with E-state index in [4.69, 9.17) is 6.42 Å². The maximum absolute atomic E-state index is 13.8. The summed E-state index contributed by atoms with van der Waals surface area (Å²) in [5.74, 6) is 3.81. The van der Waals surface area contributed by atoms with Crippen molar-refractivity contribution in [3.05, 3.63) is 71.7 Å². The third kappa shape index (κ3) is 4.54. The van der Waals surface area contributed by atoms with E-state index in [-0.39, 0.29) is 11.7 Å². The highest BCUT2D eigenvalue weighted by molar-refractivity contribution is 5.96. The maximum Gasteiger partial charge on any atom is 0.149 e. The van der Waals surface area contributed by atoms with E-state index in [0.717, 1.165) is 47.8 Å². The SMILES string of the molecule is C#Cc1ccc(N/C(=N\O)[C@H](C)[C@H]2CC[C@H](c3ccnc4ccc(F)cc43)CC2)cc1. The molecule has 0 radical (unpaired) electrons. The number of halogens is 1. The van der Waals surface area contributed by atoms with E-state index in [2.05, 4.69) is 28.3 Å². The molecule has 2 aromatic carbocycles. The minimum atomic E-state index is -0.228. The zero-order chi connectivity index (χ0) is 21.8. The molecule has 1 aromatic heterocycles. The number of hydrogen-bond acceptors (Lipinski definition) is 3. The molecule has 0 unspecified atom stereocenters. The number of oxime groups is 1. The summed E-state index contributed by atoms with van der Waals surface area (Å²) >= 11 is 0. The molecule has 1 fully saturated rings. The second-order valence-electron chi connectivity index (χ2n) is 8.29. The fourth-order valence-corrected chi connectivity index (χ4v) is 4.68. The third-order valence-corrected chi connectivity index (χ3v) is 6.52. The van der Waals surface area contributed by atoms with Crippen LogP contribution in [0.2, 0.25) is 0 Å². The molecule has 31 heavy (non-hydrogen) atoms. The predicted molar refractivity (Wildman–Crippen MR) is 123 cm³/mol. The van der Waals surface area contributed by atoms with Gasteiger partial charge in [-0.15, -0.1) is 6.42 Å². The summed E-state index contributed by atoms with van der Waals surface area (Å²) in [6.07, 6.45) is 11.3. The molecule has 1 atom stereocenters. The van der Waals surface area contributed by atoms with Gasteiger partial charge in [0.25, 0.3) is 0 Å². The Hall–Kier alpha value is -3.39. The van der Waals surface area contributed by atoms with Crippen LogP contribution in [-0.4, -0.2) is 16.0 Å². The number of anilines is 1. The molecule has 1 heterocycles. The average Bonchev–Trinajstić information content (AvgIpc) is 2.82. The number of amidine groups is 1. The highest BCUT2D eigenvalue weighted by Gasteiger charge is 2.29. The van der Waals surface area contributed by atoms with Crippen molar-refractivity contribution in [2.45, 2.75) is 38.5 Å². The van der Waals surface area contributed by atoms with E-state index in [1.807, 2.05) is 36.5 Å². The molecule has 0 saturated heterocycles. The maximum atomic E-state index is 13.8. The normalized spacial score (nSPS) is 20.2. The number of rotatable bonds is 4. The van der Waals surface area contributed by atoms with Gasteiger partial charge in [0.2, 0.25) is 0 Å². The van der Waals surface area contributed by atoms with Crippen molar-refractivity contribution < 1.29 is 9.60 Å². The second-order valence-corrected chi connectivity index (χ2v) is 8.29. The molecule has 0 aliphatic heterocycles. The molecule has 4 nitrogen and oxygen atoms in total. The quantitative estimate of drug-likeness (QED) is 0.176. The minimum Gasteiger partial charge on any atom is -0.409 e. The number of fused-ring (bicyclic) bond motifs is 1. The Morgan fingerprint density at radius 2 is 1.90 bits per heavy atom. The smallest absolute Gasteiger partial charge is 0.149 e. The van der Waals surface area contributed by atoms with Gasteiger partial charge in [0, 0.05) is 28.8 Å². The van der Waals surface area contributed by atoms with Crippen LogP contribution in [0.25, 0.3) is 10.9 Å². The first-order valence-corrected chi connectivity index (χ1v) is 10.7. The van der Waals surface area contributed by atoms with Gasteiger partial charge in [0.05, 0.1) is 5.52 Å². The molecule has 4 rings (SSSR count). The van der Waals surface area contributed by atoms with Crippen molar-refractivity contribution in [3.8, 4) is 12.3 Å². The molecule has 1 saturated carbocycles. The van der Waals surface area contributed by atoms with Crippen LogP contribution < -0.4 is 5.32 Å². The van der Waals surface area contributed by atoms with Crippen LogP contribution in [0.1, 0.15) is 49.7 Å². The summed E-state index contributed by atoms with van der Waals surface area (Å²) in [5, 5.41) is 17.3. The number of nitrogens with zero attached hydrogens (tertiary/aromatic N) is 2. The number of pyridine rings is 1. The Morgan fingerprint density at radius 3 is 2.58 bits per heavy atom. The zero-order valence-corrected chi connectivity index (χ0v) is 17.6. The Balaban J connectivity index is 1.43. The van der Waals surface area contributed by atoms with Crippen LogP contribution in [-0.2, 0) is 0 Å². The van der Waals surface area contributed by atoms with E-state index in [1.54, 1.807) is 12.1 Å². The molecular weight excluding hydrogens is 389 g/mol. The van der Waals surface area contributed by atoms with Gasteiger partial charge < -0.3 is 10.5 Å². The molecule has 5 heteroatoms.